The van der Waals surface area contributed by atoms with Crippen molar-refractivity contribution in [3.63, 3.8) is 0 Å². The molecule has 0 radical (unpaired) electrons. The zero-order chi connectivity index (χ0) is 19.2. The first kappa shape index (κ1) is 18.6. The third kappa shape index (κ3) is 4.54. The third-order valence-corrected chi connectivity index (χ3v) is 5.51. The number of anilines is 1. The molecule has 28 heavy (non-hydrogen) atoms. The monoisotopic (exact) mass is 394 g/mol. The molecule has 0 spiro atoms. The summed E-state index contributed by atoms with van der Waals surface area (Å²) in [5, 5.41) is 12.3. The maximum atomic E-state index is 12.5. The predicted molar refractivity (Wildman–Crippen MR) is 110 cm³/mol. The highest BCUT2D eigenvalue weighted by molar-refractivity contribution is 7.99. The summed E-state index contributed by atoms with van der Waals surface area (Å²) in [6.45, 7) is 0.931. The molecule has 144 valence electrons. The van der Waals surface area contributed by atoms with Crippen LogP contribution in [0.3, 0.4) is 0 Å². The molecule has 0 bridgehead atoms. The van der Waals surface area contributed by atoms with Crippen molar-refractivity contribution < 1.29 is 9.53 Å². The maximum absolute atomic E-state index is 12.5. The standard InChI is InChI=1S/C21H22N4O2S/c26-20(15-28-21-24-23-19-13-5-2-8-14-25(19)21)22-17-11-6-7-12-18(17)27-16-9-3-1-4-10-16/h1,3-4,6-7,9-12H,2,5,8,13-15H2,(H,22,26). The topological polar surface area (TPSA) is 69.0 Å². The Kier molecular flexibility index (Phi) is 5.92. The van der Waals surface area contributed by atoms with Crippen molar-refractivity contribution in [2.24, 2.45) is 0 Å². The first-order valence-electron chi connectivity index (χ1n) is 9.46. The molecule has 1 aliphatic heterocycles. The molecule has 0 atom stereocenters. The molecule has 2 heterocycles. The van der Waals surface area contributed by atoms with E-state index in [2.05, 4.69) is 20.1 Å². The Hall–Kier alpha value is -2.80. The summed E-state index contributed by atoms with van der Waals surface area (Å²) in [6, 6.07) is 17.0. The highest BCUT2D eigenvalue weighted by Gasteiger charge is 2.16. The predicted octanol–water partition coefficient (Wildman–Crippen LogP) is 4.53. The highest BCUT2D eigenvalue weighted by atomic mass is 32.2. The SMILES string of the molecule is O=C(CSc1nnc2n1CCCCC2)Nc1ccccc1Oc1ccccc1. The molecule has 1 N–H and O–H groups in total. The lowest BCUT2D eigenvalue weighted by Crippen LogP contribution is -2.15. The molecule has 4 rings (SSSR count). The molecular formula is C21H22N4O2S. The van der Waals surface area contributed by atoms with Crippen molar-refractivity contribution in [1.82, 2.24) is 14.8 Å². The second-order valence-corrected chi connectivity index (χ2v) is 7.55. The van der Waals surface area contributed by atoms with Gasteiger partial charge in [0, 0.05) is 13.0 Å². The minimum atomic E-state index is -0.0971. The second-order valence-electron chi connectivity index (χ2n) is 6.61. The largest absolute Gasteiger partial charge is 0.455 e. The van der Waals surface area contributed by atoms with E-state index in [4.69, 9.17) is 4.74 Å². The Morgan fingerprint density at radius 3 is 2.75 bits per heavy atom. The van der Waals surface area contributed by atoms with Crippen molar-refractivity contribution in [1.29, 1.82) is 0 Å². The van der Waals surface area contributed by atoms with Gasteiger partial charge < -0.3 is 14.6 Å². The fraction of sp³-hybridized carbons (Fsp3) is 0.286. The molecule has 2 aromatic carbocycles. The van der Waals surface area contributed by atoms with E-state index in [-0.39, 0.29) is 11.7 Å². The lowest BCUT2D eigenvalue weighted by atomic mass is 10.2. The molecule has 6 nitrogen and oxygen atoms in total. The first-order chi connectivity index (χ1) is 13.8. The van der Waals surface area contributed by atoms with Gasteiger partial charge in [0.25, 0.3) is 0 Å². The smallest absolute Gasteiger partial charge is 0.234 e. The summed E-state index contributed by atoms with van der Waals surface area (Å²) in [5.41, 5.74) is 0.650. The van der Waals surface area contributed by atoms with Gasteiger partial charge in [0.2, 0.25) is 5.91 Å². The number of nitrogens with zero attached hydrogens (tertiary/aromatic N) is 3. The number of aryl methyl sites for hydroxylation is 1. The van der Waals surface area contributed by atoms with Gasteiger partial charge in [0.15, 0.2) is 10.9 Å². The highest BCUT2D eigenvalue weighted by Crippen LogP contribution is 2.29. The van der Waals surface area contributed by atoms with Gasteiger partial charge in [-0.05, 0) is 37.1 Å². The average Bonchev–Trinajstić information content (AvgIpc) is 2.95. The van der Waals surface area contributed by atoms with Gasteiger partial charge in [0.1, 0.15) is 11.6 Å². The number of thioether (sulfide) groups is 1. The van der Waals surface area contributed by atoms with Crippen molar-refractivity contribution in [2.45, 2.75) is 37.4 Å². The number of ether oxygens (including phenoxy) is 1. The van der Waals surface area contributed by atoms with E-state index in [9.17, 15) is 4.79 Å². The summed E-state index contributed by atoms with van der Waals surface area (Å²) in [4.78, 5) is 12.5. The fourth-order valence-corrected chi connectivity index (χ4v) is 3.94. The number of rotatable bonds is 6. The van der Waals surface area contributed by atoms with Crippen LogP contribution in [0.1, 0.15) is 25.1 Å². The Labute approximate surface area is 168 Å². The molecule has 1 aromatic heterocycles. The van der Waals surface area contributed by atoms with Crippen LogP contribution >= 0.6 is 11.8 Å². The van der Waals surface area contributed by atoms with Crippen LogP contribution in [0.5, 0.6) is 11.5 Å². The molecule has 0 saturated heterocycles. The van der Waals surface area contributed by atoms with E-state index in [1.807, 2.05) is 54.6 Å². The number of nitrogens with one attached hydrogen (secondary N) is 1. The molecule has 0 saturated carbocycles. The average molecular weight is 395 g/mol. The van der Waals surface area contributed by atoms with E-state index in [0.29, 0.717) is 11.4 Å². The lowest BCUT2D eigenvalue weighted by molar-refractivity contribution is -0.113. The van der Waals surface area contributed by atoms with Crippen molar-refractivity contribution in [2.75, 3.05) is 11.1 Å². The van der Waals surface area contributed by atoms with Crippen molar-refractivity contribution >= 4 is 23.4 Å². The van der Waals surface area contributed by atoms with Gasteiger partial charge in [-0.3, -0.25) is 4.79 Å². The number of hydrogen-bond donors (Lipinski definition) is 1. The summed E-state index contributed by atoms with van der Waals surface area (Å²) in [5.74, 6) is 2.55. The second kappa shape index (κ2) is 8.93. The number of fused-ring (bicyclic) bond motifs is 1. The van der Waals surface area contributed by atoms with E-state index in [1.165, 1.54) is 18.2 Å². The van der Waals surface area contributed by atoms with Crippen LogP contribution in [-0.4, -0.2) is 26.4 Å². The van der Waals surface area contributed by atoms with Gasteiger partial charge in [-0.15, -0.1) is 10.2 Å². The van der Waals surface area contributed by atoms with Crippen LogP contribution < -0.4 is 10.1 Å². The fourth-order valence-electron chi connectivity index (χ4n) is 3.16. The third-order valence-electron chi connectivity index (χ3n) is 4.54. The number of carbonyl (C=O) groups is 1. The van der Waals surface area contributed by atoms with Gasteiger partial charge in [-0.1, -0.05) is 48.5 Å². The Balaban J connectivity index is 1.39. The molecule has 1 aliphatic rings. The Morgan fingerprint density at radius 1 is 1.04 bits per heavy atom. The molecule has 7 heteroatoms. The van der Waals surface area contributed by atoms with Gasteiger partial charge in [-0.25, -0.2) is 0 Å². The van der Waals surface area contributed by atoms with Crippen LogP contribution in [0.25, 0.3) is 0 Å². The number of carbonyl (C=O) groups excluding carboxylic acids is 1. The first-order valence-corrected chi connectivity index (χ1v) is 10.4. The normalized spacial score (nSPS) is 13.4. The quantitative estimate of drug-likeness (QED) is 0.622. The van der Waals surface area contributed by atoms with Gasteiger partial charge >= 0.3 is 0 Å². The van der Waals surface area contributed by atoms with E-state index >= 15 is 0 Å². The summed E-state index contributed by atoms with van der Waals surface area (Å²) in [6.07, 6.45) is 4.46. The summed E-state index contributed by atoms with van der Waals surface area (Å²) in [7, 11) is 0. The number of benzene rings is 2. The molecule has 0 aliphatic carbocycles. The maximum Gasteiger partial charge on any atom is 0.234 e. The number of hydrogen-bond acceptors (Lipinski definition) is 5. The van der Waals surface area contributed by atoms with E-state index in [0.717, 1.165) is 42.5 Å². The minimum absolute atomic E-state index is 0.0971. The van der Waals surface area contributed by atoms with Crippen molar-refractivity contribution in [3.05, 3.63) is 60.4 Å². The van der Waals surface area contributed by atoms with Crippen LogP contribution in [0.15, 0.2) is 59.8 Å². The lowest BCUT2D eigenvalue weighted by Gasteiger charge is -2.12. The van der Waals surface area contributed by atoms with Crippen LogP contribution in [0.4, 0.5) is 5.69 Å². The summed E-state index contributed by atoms with van der Waals surface area (Å²) < 4.78 is 8.05. The van der Waals surface area contributed by atoms with Crippen LogP contribution in [0.2, 0.25) is 0 Å². The number of aromatic nitrogens is 3. The van der Waals surface area contributed by atoms with Crippen LogP contribution in [0, 0.1) is 0 Å². The Morgan fingerprint density at radius 2 is 1.86 bits per heavy atom. The molecule has 1 amide bonds. The number of amides is 1. The minimum Gasteiger partial charge on any atom is -0.455 e. The van der Waals surface area contributed by atoms with Gasteiger partial charge in [0.05, 0.1) is 11.4 Å². The molecular weight excluding hydrogens is 372 g/mol. The van der Waals surface area contributed by atoms with Crippen molar-refractivity contribution in [3.8, 4) is 11.5 Å². The Bertz CT molecular complexity index is 943. The van der Waals surface area contributed by atoms with Crippen LogP contribution in [-0.2, 0) is 17.8 Å². The summed E-state index contributed by atoms with van der Waals surface area (Å²) >= 11 is 1.42. The number of para-hydroxylation sites is 3. The molecule has 0 unspecified atom stereocenters. The zero-order valence-electron chi connectivity index (χ0n) is 15.5. The van der Waals surface area contributed by atoms with E-state index < -0.39 is 0 Å². The van der Waals surface area contributed by atoms with Gasteiger partial charge in [-0.2, -0.15) is 0 Å². The zero-order valence-corrected chi connectivity index (χ0v) is 16.3. The molecule has 0 fully saturated rings. The van der Waals surface area contributed by atoms with E-state index in [1.54, 1.807) is 0 Å². The molecule has 3 aromatic rings.